The summed E-state index contributed by atoms with van der Waals surface area (Å²) in [4.78, 5) is 48.1. The molecule has 3 aliphatic heterocycles. The zero-order chi connectivity index (χ0) is 28.7. The monoisotopic (exact) mass is 583 g/mol. The SMILES string of the molecule is COc1ccccc1C(CN1C(=O)N(C2(CC(=O)O)CC2)C(=O)C2C(C)=C(c3ncco3)SC21)OC1CCOCC1. The number of oxazole rings is 1. The summed E-state index contributed by atoms with van der Waals surface area (Å²) in [5, 5.41) is 9.09. The number of carbonyl (C=O) groups is 3. The van der Waals surface area contributed by atoms with Gasteiger partial charge in [0.1, 0.15) is 18.1 Å². The van der Waals surface area contributed by atoms with Crippen LogP contribution in [0.3, 0.4) is 0 Å². The molecule has 2 saturated heterocycles. The van der Waals surface area contributed by atoms with Gasteiger partial charge in [0.2, 0.25) is 11.8 Å². The number of aromatic nitrogens is 1. The van der Waals surface area contributed by atoms with E-state index in [1.165, 1.54) is 22.9 Å². The molecule has 1 aromatic heterocycles. The molecule has 0 radical (unpaired) electrons. The predicted molar refractivity (Wildman–Crippen MR) is 148 cm³/mol. The zero-order valence-electron chi connectivity index (χ0n) is 23.0. The minimum absolute atomic E-state index is 0.0761. The van der Waals surface area contributed by atoms with Crippen LogP contribution >= 0.6 is 11.8 Å². The summed E-state index contributed by atoms with van der Waals surface area (Å²) in [7, 11) is 1.60. The molecule has 0 spiro atoms. The van der Waals surface area contributed by atoms with Gasteiger partial charge in [-0.25, -0.2) is 9.78 Å². The highest BCUT2D eigenvalue weighted by Gasteiger charge is 2.62. The first kappa shape index (κ1) is 27.8. The molecule has 11 nitrogen and oxygen atoms in total. The number of rotatable bonds is 10. The lowest BCUT2D eigenvalue weighted by Crippen LogP contribution is -2.64. The zero-order valence-corrected chi connectivity index (χ0v) is 23.8. The Morgan fingerprint density at radius 2 is 2.00 bits per heavy atom. The highest BCUT2D eigenvalue weighted by Crippen LogP contribution is 2.55. The van der Waals surface area contributed by atoms with Crippen molar-refractivity contribution in [2.45, 2.75) is 62.1 Å². The number of hydrogen-bond acceptors (Lipinski definition) is 9. The fourth-order valence-electron chi connectivity index (χ4n) is 6.11. The first-order valence-corrected chi connectivity index (χ1v) is 14.7. The average Bonchev–Trinajstić information content (AvgIpc) is 3.35. The number of fused-ring (bicyclic) bond motifs is 1. The lowest BCUT2D eigenvalue weighted by atomic mass is 9.93. The quantitative estimate of drug-likeness (QED) is 0.432. The number of amides is 3. The largest absolute Gasteiger partial charge is 0.496 e. The topological polar surface area (TPSA) is 132 Å². The second-order valence-electron chi connectivity index (χ2n) is 10.9. The maximum absolute atomic E-state index is 14.3. The Labute approximate surface area is 241 Å². The van der Waals surface area contributed by atoms with Crippen LogP contribution < -0.4 is 4.74 Å². The van der Waals surface area contributed by atoms with E-state index in [1.54, 1.807) is 18.2 Å². The van der Waals surface area contributed by atoms with Crippen molar-refractivity contribution in [1.82, 2.24) is 14.8 Å². The number of nitrogens with zero attached hydrogens (tertiary/aromatic N) is 3. The van der Waals surface area contributed by atoms with Crippen molar-refractivity contribution in [2.75, 3.05) is 26.9 Å². The third kappa shape index (κ3) is 5.13. The number of ether oxygens (including phenoxy) is 3. The van der Waals surface area contributed by atoms with Gasteiger partial charge in [-0.15, -0.1) is 0 Å². The molecule has 218 valence electrons. The van der Waals surface area contributed by atoms with Gasteiger partial charge in [-0.2, -0.15) is 0 Å². The Morgan fingerprint density at radius 1 is 1.24 bits per heavy atom. The molecule has 1 saturated carbocycles. The fourth-order valence-corrected chi connectivity index (χ4v) is 7.62. The fraction of sp³-hybridized carbons (Fsp3) is 0.517. The van der Waals surface area contributed by atoms with Gasteiger partial charge in [0.15, 0.2) is 0 Å². The van der Waals surface area contributed by atoms with Gasteiger partial charge in [0, 0.05) is 18.8 Å². The van der Waals surface area contributed by atoms with Crippen molar-refractivity contribution < 1.29 is 38.1 Å². The number of carboxylic acid groups (broad SMARTS) is 1. The summed E-state index contributed by atoms with van der Waals surface area (Å²) in [6.07, 6.45) is 4.46. The molecular weight excluding hydrogens is 550 g/mol. The molecule has 3 amide bonds. The van der Waals surface area contributed by atoms with Crippen molar-refractivity contribution in [3.63, 3.8) is 0 Å². The molecule has 1 N–H and O–H groups in total. The van der Waals surface area contributed by atoms with Gasteiger partial charge in [-0.05, 0) is 44.2 Å². The molecule has 1 aromatic carbocycles. The lowest BCUT2D eigenvalue weighted by molar-refractivity contribution is -0.143. The Kier molecular flexibility index (Phi) is 7.56. The minimum atomic E-state index is -1.04. The summed E-state index contributed by atoms with van der Waals surface area (Å²) in [6.45, 7) is 3.18. The molecule has 3 fully saturated rings. The molecular formula is C29H33N3O8S. The van der Waals surface area contributed by atoms with Crippen LogP contribution in [-0.4, -0.2) is 81.7 Å². The predicted octanol–water partition coefficient (Wildman–Crippen LogP) is 4.31. The lowest BCUT2D eigenvalue weighted by Gasteiger charge is -2.46. The normalized spacial score (nSPS) is 24.9. The molecule has 4 aliphatic rings. The Morgan fingerprint density at radius 3 is 2.66 bits per heavy atom. The molecule has 12 heteroatoms. The van der Waals surface area contributed by atoms with Gasteiger partial charge in [-0.3, -0.25) is 14.5 Å². The third-order valence-corrected chi connectivity index (χ3v) is 9.86. The van der Waals surface area contributed by atoms with E-state index in [-0.39, 0.29) is 25.0 Å². The maximum atomic E-state index is 14.3. The number of carbonyl (C=O) groups excluding carboxylic acids is 2. The van der Waals surface area contributed by atoms with Crippen LogP contribution in [-0.2, 0) is 19.1 Å². The number of carboxylic acids is 1. The number of imide groups is 1. The number of urea groups is 1. The van der Waals surface area contributed by atoms with Crippen LogP contribution in [0.25, 0.3) is 4.91 Å². The van der Waals surface area contributed by atoms with Crippen molar-refractivity contribution in [3.8, 4) is 5.75 Å². The van der Waals surface area contributed by atoms with E-state index in [2.05, 4.69) is 4.98 Å². The van der Waals surface area contributed by atoms with Gasteiger partial charge in [0.25, 0.3) is 0 Å². The van der Waals surface area contributed by atoms with E-state index in [1.807, 2.05) is 31.2 Å². The van der Waals surface area contributed by atoms with Crippen molar-refractivity contribution in [1.29, 1.82) is 0 Å². The highest BCUT2D eigenvalue weighted by molar-refractivity contribution is 8.09. The molecule has 41 heavy (non-hydrogen) atoms. The average molecular weight is 584 g/mol. The molecule has 0 bridgehead atoms. The van der Waals surface area contributed by atoms with Crippen LogP contribution in [0.2, 0.25) is 0 Å². The van der Waals surface area contributed by atoms with E-state index in [0.29, 0.717) is 42.6 Å². The third-order valence-electron chi connectivity index (χ3n) is 8.36. The summed E-state index contributed by atoms with van der Waals surface area (Å²) in [5.74, 6) is -1.06. The summed E-state index contributed by atoms with van der Waals surface area (Å²) >= 11 is 1.37. The molecule has 1 aliphatic carbocycles. The van der Waals surface area contributed by atoms with E-state index in [0.717, 1.165) is 24.0 Å². The van der Waals surface area contributed by atoms with Gasteiger partial charge >= 0.3 is 12.0 Å². The second kappa shape index (κ2) is 11.1. The van der Waals surface area contributed by atoms with Crippen LogP contribution in [0.5, 0.6) is 5.75 Å². The Hall–Kier alpha value is -3.35. The van der Waals surface area contributed by atoms with Crippen LogP contribution in [0.4, 0.5) is 4.79 Å². The van der Waals surface area contributed by atoms with E-state index in [4.69, 9.17) is 18.6 Å². The maximum Gasteiger partial charge on any atom is 0.328 e. The number of methoxy groups -OCH3 is 1. The van der Waals surface area contributed by atoms with Crippen molar-refractivity contribution in [3.05, 3.63) is 53.8 Å². The summed E-state index contributed by atoms with van der Waals surface area (Å²) in [5.41, 5.74) is 0.517. The number of thioether (sulfide) groups is 1. The Bertz CT molecular complexity index is 1350. The highest BCUT2D eigenvalue weighted by atomic mass is 32.2. The van der Waals surface area contributed by atoms with Crippen LogP contribution in [0.15, 0.2) is 46.7 Å². The van der Waals surface area contributed by atoms with E-state index >= 15 is 0 Å². The smallest absolute Gasteiger partial charge is 0.328 e. The van der Waals surface area contributed by atoms with Gasteiger partial charge < -0.3 is 28.6 Å². The Balaban J connectivity index is 1.39. The standard InChI is InChI=1S/C29H33N3O8S/c1-17-23-26(35)32(29(9-10-29)15-22(33)34)28(36)31(27(23)41-24(17)25-30-11-14-39-25)16-21(40-18-7-12-38-13-8-18)19-5-3-4-6-20(19)37-2/h3-6,11,14,18,21,23,27H,7-10,12-13,15-16H2,1-2H3,(H,33,34). The molecule has 4 heterocycles. The molecule has 3 unspecified atom stereocenters. The van der Waals surface area contributed by atoms with Crippen molar-refractivity contribution >= 4 is 34.6 Å². The molecule has 6 rings (SSSR count). The van der Waals surface area contributed by atoms with E-state index in [9.17, 15) is 19.5 Å². The number of benzene rings is 1. The van der Waals surface area contributed by atoms with Gasteiger partial charge in [-0.1, -0.05) is 30.0 Å². The second-order valence-corrected chi connectivity index (χ2v) is 12.0. The molecule has 2 aromatic rings. The first-order chi connectivity index (χ1) is 19.8. The summed E-state index contributed by atoms with van der Waals surface area (Å²) < 4.78 is 23.5. The first-order valence-electron chi connectivity index (χ1n) is 13.8. The van der Waals surface area contributed by atoms with E-state index < -0.39 is 34.9 Å². The molecule has 3 atom stereocenters. The van der Waals surface area contributed by atoms with Crippen molar-refractivity contribution in [2.24, 2.45) is 5.92 Å². The van der Waals surface area contributed by atoms with Crippen LogP contribution in [0.1, 0.15) is 56.6 Å². The van der Waals surface area contributed by atoms with Crippen LogP contribution in [0, 0.1) is 5.92 Å². The summed E-state index contributed by atoms with van der Waals surface area (Å²) in [6, 6.07) is 7.06. The number of para-hydroxylation sites is 1. The van der Waals surface area contributed by atoms with Gasteiger partial charge in [0.05, 0.1) is 54.1 Å². The number of aliphatic carboxylic acids is 1. The number of hydrogen-bond donors (Lipinski definition) is 1. The minimum Gasteiger partial charge on any atom is -0.496 e.